The molecule has 2 unspecified atom stereocenters. The third kappa shape index (κ3) is 4.86. The number of benzene rings is 1. The lowest BCUT2D eigenvalue weighted by molar-refractivity contribution is -0.138. The number of halogens is 4. The fourth-order valence-corrected chi connectivity index (χ4v) is 4.90. The second-order valence-electron chi connectivity index (χ2n) is 8.94. The maximum absolute atomic E-state index is 13.7. The number of hydrogen-bond acceptors (Lipinski definition) is 6. The number of nitrogens with one attached hydrogen (secondary N) is 2. The molecule has 36 heavy (non-hydrogen) atoms. The lowest BCUT2D eigenvalue weighted by Crippen LogP contribution is -2.47. The van der Waals surface area contributed by atoms with E-state index in [0.717, 1.165) is 23.9 Å². The van der Waals surface area contributed by atoms with Gasteiger partial charge in [0, 0.05) is 18.7 Å². The summed E-state index contributed by atoms with van der Waals surface area (Å²) < 4.78 is 61.9. The first-order valence-corrected chi connectivity index (χ1v) is 11.6. The van der Waals surface area contributed by atoms with Crippen LogP contribution in [0.4, 0.5) is 17.6 Å². The van der Waals surface area contributed by atoms with E-state index < -0.39 is 23.5 Å². The second-order valence-corrected chi connectivity index (χ2v) is 8.94. The van der Waals surface area contributed by atoms with Crippen molar-refractivity contribution in [2.24, 2.45) is 0 Å². The van der Waals surface area contributed by atoms with Crippen LogP contribution in [0.25, 0.3) is 11.8 Å². The summed E-state index contributed by atoms with van der Waals surface area (Å²) in [4.78, 5) is 8.78. The van der Waals surface area contributed by atoms with Gasteiger partial charge >= 0.3 is 6.18 Å². The van der Waals surface area contributed by atoms with Crippen LogP contribution in [0.2, 0.25) is 0 Å². The summed E-state index contributed by atoms with van der Waals surface area (Å²) in [6, 6.07) is 6.67. The fraction of sp³-hybridized carbons (Fsp3) is 0.360. The van der Waals surface area contributed by atoms with Crippen LogP contribution in [0.15, 0.2) is 48.9 Å². The molecule has 0 radical (unpaired) electrons. The molecule has 2 aliphatic heterocycles. The van der Waals surface area contributed by atoms with Gasteiger partial charge in [0.2, 0.25) is 5.88 Å². The number of hydrogen-bond donors (Lipinski definition) is 2. The highest BCUT2D eigenvalue weighted by Gasteiger charge is 2.43. The van der Waals surface area contributed by atoms with Crippen molar-refractivity contribution >= 4 is 6.08 Å². The summed E-state index contributed by atoms with van der Waals surface area (Å²) in [5, 5.41) is 5.29. The van der Waals surface area contributed by atoms with Crippen molar-refractivity contribution in [1.29, 1.82) is 0 Å². The van der Waals surface area contributed by atoms with Crippen molar-refractivity contribution < 1.29 is 22.3 Å². The van der Waals surface area contributed by atoms with E-state index in [1.165, 1.54) is 6.07 Å². The molecule has 190 valence electrons. The number of imidazole rings is 1. The zero-order valence-electron chi connectivity index (χ0n) is 19.8. The van der Waals surface area contributed by atoms with Gasteiger partial charge in [-0.1, -0.05) is 6.07 Å². The highest BCUT2D eigenvalue weighted by Crippen LogP contribution is 2.41. The highest BCUT2D eigenvalue weighted by molar-refractivity contribution is 5.52. The van der Waals surface area contributed by atoms with Crippen LogP contribution in [-0.4, -0.2) is 45.5 Å². The molecule has 0 aliphatic carbocycles. The SMILES string of the molecule is COc1nc(/C=C/C2NC3[C@@H](c4ccc(F)cc4C(F)(F)F)CCCN3N2)ccc1-n1cnc(C)c1. The molecule has 4 heterocycles. The largest absolute Gasteiger partial charge is 0.479 e. The van der Waals surface area contributed by atoms with Crippen LogP contribution in [-0.2, 0) is 6.18 Å². The Morgan fingerprint density at radius 2 is 2.03 bits per heavy atom. The smallest absolute Gasteiger partial charge is 0.416 e. The van der Waals surface area contributed by atoms with Gasteiger partial charge in [-0.3, -0.25) is 5.32 Å². The van der Waals surface area contributed by atoms with Crippen molar-refractivity contribution in [2.45, 2.75) is 44.2 Å². The molecule has 2 aromatic heterocycles. The van der Waals surface area contributed by atoms with E-state index in [1.807, 2.05) is 47.0 Å². The average Bonchev–Trinajstić information content (AvgIpc) is 3.47. The molecule has 3 atom stereocenters. The Morgan fingerprint density at radius 1 is 1.19 bits per heavy atom. The van der Waals surface area contributed by atoms with Crippen LogP contribution < -0.4 is 15.5 Å². The van der Waals surface area contributed by atoms with Crippen LogP contribution in [0.3, 0.4) is 0 Å². The highest BCUT2D eigenvalue weighted by atomic mass is 19.4. The monoisotopic (exact) mass is 502 g/mol. The number of piperidine rings is 1. The molecule has 0 bridgehead atoms. The van der Waals surface area contributed by atoms with Crippen LogP contribution >= 0.6 is 0 Å². The molecule has 5 rings (SSSR count). The van der Waals surface area contributed by atoms with E-state index in [9.17, 15) is 17.6 Å². The number of pyridine rings is 1. The number of aromatic nitrogens is 3. The van der Waals surface area contributed by atoms with E-state index in [2.05, 4.69) is 20.7 Å². The van der Waals surface area contributed by atoms with Crippen LogP contribution in [0.5, 0.6) is 5.88 Å². The quantitative estimate of drug-likeness (QED) is 0.505. The molecule has 2 aliphatic rings. The lowest BCUT2D eigenvalue weighted by atomic mass is 9.85. The predicted molar refractivity (Wildman–Crippen MR) is 126 cm³/mol. The molecular weight excluding hydrogens is 476 g/mol. The molecular formula is C25H26F4N6O. The van der Waals surface area contributed by atoms with Crippen molar-refractivity contribution in [3.8, 4) is 11.6 Å². The van der Waals surface area contributed by atoms with Crippen LogP contribution in [0.1, 0.15) is 41.3 Å². The zero-order chi connectivity index (χ0) is 25.4. The van der Waals surface area contributed by atoms with E-state index in [0.29, 0.717) is 30.6 Å². The molecule has 3 aromatic rings. The Labute approximate surface area is 205 Å². The standard InChI is InChI=1S/C25H26F4N6O/c1-15-13-34(14-30-15)21-9-6-17(31-24(21)36-2)7-10-22-32-23-19(4-3-11-35(23)33-22)18-8-5-16(26)12-20(18)25(27,28)29/h5-10,12-14,19,22-23,32-33H,3-4,11H2,1-2H3/b10-7+/t19-,22?,23?/m1/s1. The molecule has 0 spiro atoms. The number of aryl methyl sites for hydroxylation is 1. The number of ether oxygens (including phenoxy) is 1. The van der Waals surface area contributed by atoms with E-state index >= 15 is 0 Å². The first kappa shape index (κ1) is 24.4. The lowest BCUT2D eigenvalue weighted by Gasteiger charge is -2.36. The van der Waals surface area contributed by atoms with Gasteiger partial charge < -0.3 is 9.30 Å². The number of alkyl halides is 3. The van der Waals surface area contributed by atoms with E-state index in [1.54, 1.807) is 13.4 Å². The molecule has 2 saturated heterocycles. The molecule has 2 N–H and O–H groups in total. The predicted octanol–water partition coefficient (Wildman–Crippen LogP) is 4.40. The summed E-state index contributed by atoms with van der Waals surface area (Å²) in [6.45, 7) is 2.58. The Bertz CT molecular complexity index is 1270. The molecule has 1 aromatic carbocycles. The van der Waals surface area contributed by atoms with E-state index in [4.69, 9.17) is 4.74 Å². The second kappa shape index (κ2) is 9.64. The van der Waals surface area contributed by atoms with Crippen molar-refractivity contribution in [3.05, 3.63) is 77.3 Å². The summed E-state index contributed by atoms with van der Waals surface area (Å²) in [5.74, 6) is -0.900. The Morgan fingerprint density at radius 3 is 2.75 bits per heavy atom. The average molecular weight is 503 g/mol. The van der Waals surface area contributed by atoms with Gasteiger partial charge in [0.1, 0.15) is 11.5 Å². The summed E-state index contributed by atoms with van der Waals surface area (Å²) in [7, 11) is 1.55. The van der Waals surface area contributed by atoms with E-state index in [-0.39, 0.29) is 17.9 Å². The molecule has 0 amide bonds. The summed E-state index contributed by atoms with van der Waals surface area (Å²) in [6.07, 6.45) is 3.23. The number of fused-ring (bicyclic) bond motifs is 1. The van der Waals surface area contributed by atoms with Crippen molar-refractivity contribution in [1.82, 2.24) is 30.3 Å². The Kier molecular flexibility index (Phi) is 6.54. The zero-order valence-corrected chi connectivity index (χ0v) is 19.8. The van der Waals surface area contributed by atoms with Gasteiger partial charge in [0.05, 0.1) is 42.7 Å². The molecule has 0 saturated carbocycles. The van der Waals surface area contributed by atoms with Crippen molar-refractivity contribution in [3.63, 3.8) is 0 Å². The maximum atomic E-state index is 13.7. The van der Waals surface area contributed by atoms with Gasteiger partial charge in [0.15, 0.2) is 0 Å². The Hall–Kier alpha value is -3.28. The minimum atomic E-state index is -4.63. The normalized spacial score (nSPS) is 22.8. The minimum Gasteiger partial charge on any atom is -0.479 e. The first-order valence-electron chi connectivity index (χ1n) is 11.6. The minimum absolute atomic E-state index is 0.106. The number of rotatable bonds is 5. The Balaban J connectivity index is 1.34. The molecule has 11 heteroatoms. The third-order valence-electron chi connectivity index (χ3n) is 6.51. The van der Waals surface area contributed by atoms with Gasteiger partial charge in [-0.15, -0.1) is 0 Å². The number of methoxy groups -OCH3 is 1. The van der Waals surface area contributed by atoms with Gasteiger partial charge in [0.25, 0.3) is 0 Å². The molecule has 2 fully saturated rings. The van der Waals surface area contributed by atoms with Crippen LogP contribution in [0, 0.1) is 12.7 Å². The number of nitrogens with zero attached hydrogens (tertiary/aromatic N) is 4. The summed E-state index contributed by atoms with van der Waals surface area (Å²) >= 11 is 0. The van der Waals surface area contributed by atoms with Crippen molar-refractivity contribution in [2.75, 3.05) is 13.7 Å². The van der Waals surface area contributed by atoms with Gasteiger partial charge in [-0.05, 0) is 61.7 Å². The number of hydrazine groups is 1. The summed E-state index contributed by atoms with van der Waals surface area (Å²) in [5.41, 5.74) is 4.79. The maximum Gasteiger partial charge on any atom is 0.416 e. The molecule has 7 nitrogen and oxygen atoms in total. The first-order chi connectivity index (χ1) is 17.2. The topological polar surface area (TPSA) is 67.2 Å². The third-order valence-corrected chi connectivity index (χ3v) is 6.51. The fourth-order valence-electron chi connectivity index (χ4n) is 4.90. The van der Waals surface area contributed by atoms with Gasteiger partial charge in [-0.25, -0.2) is 24.8 Å². The van der Waals surface area contributed by atoms with Gasteiger partial charge in [-0.2, -0.15) is 13.2 Å².